The molecule has 0 amide bonds. The average molecular weight is 223 g/mol. The molecule has 2 aromatic carbocycles. The van der Waals surface area contributed by atoms with Crippen LogP contribution in [0.25, 0.3) is 11.3 Å². The Bertz CT molecular complexity index is 624. The highest BCUT2D eigenvalue weighted by Gasteiger charge is 2.33. The number of fused-ring (bicyclic) bond motifs is 1. The second-order valence-electron chi connectivity index (χ2n) is 3.99. The van der Waals surface area contributed by atoms with Crippen LogP contribution in [0.3, 0.4) is 0 Å². The van der Waals surface area contributed by atoms with Crippen LogP contribution in [-0.4, -0.2) is 10.9 Å². The first-order chi connectivity index (χ1) is 8.29. The van der Waals surface area contributed by atoms with Crippen molar-refractivity contribution in [1.29, 1.82) is 0 Å². The van der Waals surface area contributed by atoms with Crippen LogP contribution < -0.4 is 0 Å². The SMILES string of the molecule is O=C1C(c2ccccc2)=C([OH2+])c2ccccc21. The summed E-state index contributed by atoms with van der Waals surface area (Å²) in [6, 6.07) is 16.7. The molecule has 0 saturated carbocycles. The molecule has 2 N–H and O–H groups in total. The number of Topliss-reactive ketones (excluding diaryl/α,β-unsaturated/α-hetero) is 1. The molecule has 0 bridgehead atoms. The van der Waals surface area contributed by atoms with Crippen LogP contribution in [0.15, 0.2) is 54.6 Å². The van der Waals surface area contributed by atoms with E-state index in [1.807, 2.05) is 48.5 Å². The fourth-order valence-corrected chi connectivity index (χ4v) is 2.16. The van der Waals surface area contributed by atoms with Gasteiger partial charge in [-0.25, -0.2) is 0 Å². The third-order valence-electron chi connectivity index (χ3n) is 2.98. The van der Waals surface area contributed by atoms with Gasteiger partial charge in [-0.05, 0) is 11.6 Å². The summed E-state index contributed by atoms with van der Waals surface area (Å²) in [6.07, 6.45) is 0. The van der Waals surface area contributed by atoms with Gasteiger partial charge in [-0.2, -0.15) is 0 Å². The molecule has 1 aliphatic carbocycles. The molecule has 0 radical (unpaired) electrons. The molecule has 82 valence electrons. The monoisotopic (exact) mass is 223 g/mol. The highest BCUT2D eigenvalue weighted by atomic mass is 16.3. The summed E-state index contributed by atoms with van der Waals surface area (Å²) in [5.74, 6) is 0.286. The number of hydrogen-bond acceptors (Lipinski definition) is 1. The second kappa shape index (κ2) is 3.59. The minimum absolute atomic E-state index is 0.0446. The number of carbonyl (C=O) groups is 1. The standard InChI is InChI=1S/C15H10O2/c16-14-11-8-4-5-9-12(11)15(17)13(14)10-6-2-1-3-7-10/h1-9,16H/p+1. The Balaban J connectivity index is 2.22. The first-order valence-corrected chi connectivity index (χ1v) is 5.44. The van der Waals surface area contributed by atoms with Gasteiger partial charge in [-0.15, -0.1) is 0 Å². The maximum absolute atomic E-state index is 12.2. The van der Waals surface area contributed by atoms with Gasteiger partial charge < -0.3 is 5.11 Å². The predicted molar refractivity (Wildman–Crippen MR) is 67.6 cm³/mol. The largest absolute Gasteiger partial charge is 0.592 e. The summed E-state index contributed by atoms with van der Waals surface area (Å²) in [7, 11) is 0. The van der Waals surface area contributed by atoms with Gasteiger partial charge in [0.15, 0.2) is 0 Å². The molecule has 0 aliphatic heterocycles. The molecule has 0 atom stereocenters. The van der Waals surface area contributed by atoms with Crippen LogP contribution in [0.2, 0.25) is 0 Å². The number of hydrogen-bond donors (Lipinski definition) is 0. The first-order valence-electron chi connectivity index (χ1n) is 5.44. The van der Waals surface area contributed by atoms with E-state index in [9.17, 15) is 4.79 Å². The van der Waals surface area contributed by atoms with Gasteiger partial charge in [-0.3, -0.25) is 4.79 Å². The quantitative estimate of drug-likeness (QED) is 0.684. The molecule has 0 fully saturated rings. The van der Waals surface area contributed by atoms with E-state index >= 15 is 0 Å². The van der Waals surface area contributed by atoms with Crippen LogP contribution in [0.1, 0.15) is 21.5 Å². The maximum Gasteiger partial charge on any atom is 0.274 e. The van der Waals surface area contributed by atoms with E-state index < -0.39 is 0 Å². The van der Waals surface area contributed by atoms with Crippen molar-refractivity contribution in [2.75, 3.05) is 0 Å². The highest BCUT2D eigenvalue weighted by Crippen LogP contribution is 2.36. The molecule has 1 aliphatic rings. The summed E-state index contributed by atoms with van der Waals surface area (Å²) in [6.45, 7) is 0. The molecular formula is C15H11O2+. The predicted octanol–water partition coefficient (Wildman–Crippen LogP) is 2.48. The fourth-order valence-electron chi connectivity index (χ4n) is 2.16. The Hall–Kier alpha value is -2.35. The third kappa shape index (κ3) is 1.38. The van der Waals surface area contributed by atoms with Gasteiger partial charge in [0.2, 0.25) is 5.78 Å². The lowest BCUT2D eigenvalue weighted by atomic mass is 10.0. The number of carbonyl (C=O) groups excluding carboxylic acids is 1. The maximum atomic E-state index is 12.2. The molecule has 0 heterocycles. The lowest BCUT2D eigenvalue weighted by Gasteiger charge is -1.98. The zero-order valence-corrected chi connectivity index (χ0v) is 9.10. The van der Waals surface area contributed by atoms with Crippen molar-refractivity contribution in [3.8, 4) is 0 Å². The molecular weight excluding hydrogens is 212 g/mol. The van der Waals surface area contributed by atoms with E-state index in [2.05, 4.69) is 0 Å². The Morgan fingerprint density at radius 2 is 1.35 bits per heavy atom. The number of allylic oxidation sites excluding steroid dienone is 1. The molecule has 0 aromatic heterocycles. The van der Waals surface area contributed by atoms with Crippen molar-refractivity contribution in [3.05, 3.63) is 71.3 Å². The first kappa shape index (κ1) is 9.85. The zero-order valence-electron chi connectivity index (χ0n) is 9.10. The Morgan fingerprint density at radius 3 is 2.00 bits per heavy atom. The highest BCUT2D eigenvalue weighted by molar-refractivity contribution is 6.38. The summed E-state index contributed by atoms with van der Waals surface area (Å²) in [4.78, 5) is 12.2. The van der Waals surface area contributed by atoms with E-state index in [1.54, 1.807) is 6.07 Å². The minimum Gasteiger partial charge on any atom is -0.592 e. The van der Waals surface area contributed by atoms with E-state index in [-0.39, 0.29) is 5.78 Å². The van der Waals surface area contributed by atoms with Crippen molar-refractivity contribution in [3.63, 3.8) is 0 Å². The molecule has 3 rings (SSSR count). The fraction of sp³-hybridized carbons (Fsp3) is 0. The Kier molecular flexibility index (Phi) is 2.08. The van der Waals surface area contributed by atoms with Gasteiger partial charge >= 0.3 is 0 Å². The molecule has 0 unspecified atom stereocenters. The average Bonchev–Trinajstić information content (AvgIpc) is 2.64. The van der Waals surface area contributed by atoms with Crippen molar-refractivity contribution in [1.82, 2.24) is 0 Å². The molecule has 2 aromatic rings. The molecule has 17 heavy (non-hydrogen) atoms. The molecule has 0 spiro atoms. The second-order valence-corrected chi connectivity index (χ2v) is 3.99. The summed E-state index contributed by atoms with van der Waals surface area (Å²) in [5.41, 5.74) is 2.69. The summed E-state index contributed by atoms with van der Waals surface area (Å²) in [5, 5.41) is 8.10. The van der Waals surface area contributed by atoms with Gasteiger partial charge in [0.05, 0.1) is 5.56 Å². The van der Waals surface area contributed by atoms with Gasteiger partial charge in [0.25, 0.3) is 5.76 Å². The molecule has 0 saturated heterocycles. The number of rotatable bonds is 1. The minimum atomic E-state index is -0.0446. The van der Waals surface area contributed by atoms with Crippen LogP contribution in [0.4, 0.5) is 0 Å². The molecule has 2 heteroatoms. The lowest BCUT2D eigenvalue weighted by Crippen LogP contribution is -1.97. The lowest BCUT2D eigenvalue weighted by molar-refractivity contribution is 0.105. The van der Waals surface area contributed by atoms with Gasteiger partial charge in [-0.1, -0.05) is 48.5 Å². The van der Waals surface area contributed by atoms with Crippen molar-refractivity contribution >= 4 is 17.1 Å². The zero-order chi connectivity index (χ0) is 11.8. The topological polar surface area (TPSA) is 40.0 Å². The van der Waals surface area contributed by atoms with Crippen LogP contribution >= 0.6 is 0 Å². The van der Waals surface area contributed by atoms with Crippen LogP contribution in [-0.2, 0) is 0 Å². The van der Waals surface area contributed by atoms with Crippen LogP contribution in [0, 0.1) is 0 Å². The van der Waals surface area contributed by atoms with E-state index in [4.69, 9.17) is 5.11 Å². The Labute approximate surface area is 98.8 Å². The van der Waals surface area contributed by atoms with Gasteiger partial charge in [0.1, 0.15) is 5.57 Å². The number of ketones is 1. The van der Waals surface area contributed by atoms with Crippen LogP contribution in [0.5, 0.6) is 0 Å². The van der Waals surface area contributed by atoms with Crippen molar-refractivity contribution in [2.45, 2.75) is 0 Å². The molecule has 2 nitrogen and oxygen atoms in total. The van der Waals surface area contributed by atoms with Crippen molar-refractivity contribution in [2.24, 2.45) is 0 Å². The smallest absolute Gasteiger partial charge is 0.274 e. The van der Waals surface area contributed by atoms with Crippen molar-refractivity contribution < 1.29 is 9.90 Å². The summed E-state index contributed by atoms with van der Waals surface area (Å²) >= 11 is 0. The van der Waals surface area contributed by atoms with E-state index in [0.717, 1.165) is 11.1 Å². The van der Waals surface area contributed by atoms with Gasteiger partial charge in [0, 0.05) is 5.56 Å². The summed E-state index contributed by atoms with van der Waals surface area (Å²) < 4.78 is 0. The van der Waals surface area contributed by atoms with E-state index in [1.165, 1.54) is 0 Å². The Morgan fingerprint density at radius 1 is 0.765 bits per heavy atom. The number of benzene rings is 2. The van der Waals surface area contributed by atoms with E-state index in [0.29, 0.717) is 16.9 Å². The normalized spacial score (nSPS) is 14.0. The third-order valence-corrected chi connectivity index (χ3v) is 2.98.